The van der Waals surface area contributed by atoms with Gasteiger partial charge in [-0.05, 0) is 36.2 Å². The molecule has 1 saturated heterocycles. The van der Waals surface area contributed by atoms with Gasteiger partial charge in [0.25, 0.3) is 5.91 Å². The highest BCUT2D eigenvalue weighted by molar-refractivity contribution is 7.90. The Kier molecular flexibility index (Phi) is 5.08. The van der Waals surface area contributed by atoms with Gasteiger partial charge < -0.3 is 10.0 Å². The molecule has 0 spiro atoms. The fraction of sp³-hybridized carbons (Fsp3) is 0.263. The van der Waals surface area contributed by atoms with E-state index >= 15 is 0 Å². The Bertz CT molecular complexity index is 907. The topological polar surface area (TPSA) is 91.8 Å². The average molecular weight is 373 g/mol. The number of carbonyl (C=O) groups is 2. The first kappa shape index (κ1) is 18.1. The zero-order valence-electron chi connectivity index (χ0n) is 14.0. The first-order chi connectivity index (χ1) is 12.4. The number of carboxylic acids is 1. The van der Waals surface area contributed by atoms with Gasteiger partial charge in [0.05, 0.1) is 16.6 Å². The second kappa shape index (κ2) is 7.29. The van der Waals surface area contributed by atoms with E-state index in [2.05, 4.69) is 0 Å². The van der Waals surface area contributed by atoms with Crippen LogP contribution in [0.25, 0.3) is 0 Å². The number of likely N-dealkylation sites (tertiary alicyclic amines) is 1. The molecule has 1 N–H and O–H groups in total. The summed E-state index contributed by atoms with van der Waals surface area (Å²) in [6, 6.07) is 14.7. The van der Waals surface area contributed by atoms with Crippen molar-refractivity contribution in [2.45, 2.75) is 17.1 Å². The van der Waals surface area contributed by atoms with E-state index in [0.717, 1.165) is 0 Å². The summed E-state index contributed by atoms with van der Waals surface area (Å²) in [6.07, 6.45) is 0.435. The predicted octanol–water partition coefficient (Wildman–Crippen LogP) is 2.21. The van der Waals surface area contributed by atoms with Crippen molar-refractivity contribution < 1.29 is 23.1 Å². The molecule has 0 saturated carbocycles. The van der Waals surface area contributed by atoms with Gasteiger partial charge in [0.2, 0.25) is 0 Å². The lowest BCUT2D eigenvalue weighted by Gasteiger charge is -2.16. The van der Waals surface area contributed by atoms with Crippen LogP contribution in [0.1, 0.15) is 22.3 Å². The van der Waals surface area contributed by atoms with Gasteiger partial charge in [0, 0.05) is 18.7 Å². The third-order valence-corrected chi connectivity index (χ3v) is 6.19. The van der Waals surface area contributed by atoms with Gasteiger partial charge in [-0.15, -0.1) is 0 Å². The van der Waals surface area contributed by atoms with Gasteiger partial charge in [-0.25, -0.2) is 8.42 Å². The lowest BCUT2D eigenvalue weighted by molar-refractivity contribution is -0.141. The van der Waals surface area contributed by atoms with E-state index in [0.29, 0.717) is 24.1 Å². The number of aliphatic carboxylic acids is 1. The Balaban J connectivity index is 1.72. The molecule has 1 heterocycles. The molecule has 1 aliphatic heterocycles. The van der Waals surface area contributed by atoms with Crippen molar-refractivity contribution >= 4 is 21.7 Å². The molecule has 0 aliphatic carbocycles. The van der Waals surface area contributed by atoms with E-state index in [1.54, 1.807) is 24.3 Å². The first-order valence-corrected chi connectivity index (χ1v) is 9.91. The van der Waals surface area contributed by atoms with Gasteiger partial charge in [-0.1, -0.05) is 30.3 Å². The largest absolute Gasteiger partial charge is 0.481 e. The van der Waals surface area contributed by atoms with E-state index in [1.165, 1.54) is 29.2 Å². The molecule has 0 bridgehead atoms. The van der Waals surface area contributed by atoms with Crippen LogP contribution < -0.4 is 0 Å². The smallest absolute Gasteiger partial charge is 0.308 e. The molecule has 1 atom stereocenters. The zero-order chi connectivity index (χ0) is 18.7. The van der Waals surface area contributed by atoms with Crippen molar-refractivity contribution in [1.29, 1.82) is 0 Å². The normalized spacial score (nSPS) is 17.2. The highest BCUT2D eigenvalue weighted by Crippen LogP contribution is 2.21. The Labute approximate surface area is 152 Å². The highest BCUT2D eigenvalue weighted by atomic mass is 32.2. The minimum absolute atomic E-state index is 0.104. The summed E-state index contributed by atoms with van der Waals surface area (Å²) in [5.41, 5.74) is 1.05. The Morgan fingerprint density at radius 3 is 2.27 bits per heavy atom. The molecular weight excluding hydrogens is 354 g/mol. The van der Waals surface area contributed by atoms with Crippen LogP contribution in [0.4, 0.5) is 0 Å². The van der Waals surface area contributed by atoms with Crippen LogP contribution >= 0.6 is 0 Å². The average Bonchev–Trinajstić information content (AvgIpc) is 3.12. The summed E-state index contributed by atoms with van der Waals surface area (Å²) in [6.45, 7) is 0.575. The highest BCUT2D eigenvalue weighted by Gasteiger charge is 2.31. The summed E-state index contributed by atoms with van der Waals surface area (Å²) < 4.78 is 25.0. The zero-order valence-corrected chi connectivity index (χ0v) is 14.9. The number of amides is 1. The number of benzene rings is 2. The van der Waals surface area contributed by atoms with E-state index in [4.69, 9.17) is 5.11 Å². The van der Waals surface area contributed by atoms with Crippen LogP contribution in [-0.2, 0) is 20.4 Å². The molecule has 0 radical (unpaired) electrons. The summed E-state index contributed by atoms with van der Waals surface area (Å²) in [5, 5.41) is 9.03. The number of hydrogen-bond donors (Lipinski definition) is 1. The molecule has 1 fully saturated rings. The maximum absolute atomic E-state index is 12.5. The van der Waals surface area contributed by atoms with Crippen LogP contribution in [0.3, 0.4) is 0 Å². The standard InChI is InChI=1S/C19H19NO5S/c21-18(20-11-10-16(12-20)19(22)23)15-6-8-17(9-7-15)26(24,25)13-14-4-2-1-3-5-14/h1-9,16H,10-13H2,(H,22,23). The second-order valence-corrected chi connectivity index (χ2v) is 8.33. The molecular formula is C19H19NO5S. The van der Waals surface area contributed by atoms with E-state index in [-0.39, 0.29) is 23.1 Å². The number of carboxylic acid groups (broad SMARTS) is 1. The van der Waals surface area contributed by atoms with E-state index in [1.807, 2.05) is 6.07 Å². The molecule has 26 heavy (non-hydrogen) atoms. The minimum Gasteiger partial charge on any atom is -0.481 e. The van der Waals surface area contributed by atoms with Crippen molar-refractivity contribution in [3.63, 3.8) is 0 Å². The van der Waals surface area contributed by atoms with E-state index < -0.39 is 21.7 Å². The van der Waals surface area contributed by atoms with Crippen molar-refractivity contribution in [1.82, 2.24) is 4.90 Å². The Morgan fingerprint density at radius 2 is 1.69 bits per heavy atom. The quantitative estimate of drug-likeness (QED) is 0.868. The molecule has 136 valence electrons. The molecule has 2 aromatic rings. The number of sulfone groups is 1. The Morgan fingerprint density at radius 1 is 1.04 bits per heavy atom. The van der Waals surface area contributed by atoms with Crippen LogP contribution in [-0.4, -0.2) is 43.4 Å². The minimum atomic E-state index is -3.50. The molecule has 1 amide bonds. The molecule has 1 aliphatic rings. The number of nitrogens with zero attached hydrogens (tertiary/aromatic N) is 1. The second-order valence-electron chi connectivity index (χ2n) is 6.34. The molecule has 7 heteroatoms. The third-order valence-electron chi connectivity index (χ3n) is 4.48. The number of carbonyl (C=O) groups excluding carboxylic acids is 1. The van der Waals surface area contributed by atoms with Crippen LogP contribution in [0.15, 0.2) is 59.5 Å². The van der Waals surface area contributed by atoms with E-state index in [9.17, 15) is 18.0 Å². The van der Waals surface area contributed by atoms with Crippen molar-refractivity contribution in [3.05, 3.63) is 65.7 Å². The third kappa shape index (κ3) is 3.94. The van der Waals surface area contributed by atoms with Crippen LogP contribution in [0.2, 0.25) is 0 Å². The molecule has 1 unspecified atom stereocenters. The van der Waals surface area contributed by atoms with Crippen molar-refractivity contribution in [3.8, 4) is 0 Å². The van der Waals surface area contributed by atoms with Gasteiger partial charge in [-0.3, -0.25) is 9.59 Å². The summed E-state index contributed by atoms with van der Waals surface area (Å²) >= 11 is 0. The summed E-state index contributed by atoms with van der Waals surface area (Å²) in [4.78, 5) is 25.1. The summed E-state index contributed by atoms with van der Waals surface area (Å²) in [7, 11) is -3.50. The fourth-order valence-electron chi connectivity index (χ4n) is 3.01. The molecule has 3 rings (SSSR count). The number of rotatable bonds is 5. The summed E-state index contributed by atoms with van der Waals surface area (Å²) in [5.74, 6) is -1.82. The Hall–Kier alpha value is -2.67. The SMILES string of the molecule is O=C(O)C1CCN(C(=O)c2ccc(S(=O)(=O)Cc3ccccc3)cc2)C1. The maximum Gasteiger partial charge on any atom is 0.308 e. The van der Waals surface area contributed by atoms with Crippen LogP contribution in [0, 0.1) is 5.92 Å². The monoisotopic (exact) mass is 373 g/mol. The molecule has 6 nitrogen and oxygen atoms in total. The molecule has 2 aromatic carbocycles. The van der Waals surface area contributed by atoms with Crippen LogP contribution in [0.5, 0.6) is 0 Å². The van der Waals surface area contributed by atoms with Crippen molar-refractivity contribution in [2.75, 3.05) is 13.1 Å². The van der Waals surface area contributed by atoms with Gasteiger partial charge in [0.1, 0.15) is 0 Å². The maximum atomic E-state index is 12.5. The van der Waals surface area contributed by atoms with Crippen molar-refractivity contribution in [2.24, 2.45) is 5.92 Å². The lowest BCUT2D eigenvalue weighted by atomic mass is 10.1. The molecule has 0 aromatic heterocycles. The first-order valence-electron chi connectivity index (χ1n) is 8.25. The van der Waals surface area contributed by atoms with Gasteiger partial charge in [0.15, 0.2) is 9.84 Å². The lowest BCUT2D eigenvalue weighted by Crippen LogP contribution is -2.29. The predicted molar refractivity (Wildman–Crippen MR) is 95.4 cm³/mol. The number of hydrogen-bond acceptors (Lipinski definition) is 4. The fourth-order valence-corrected chi connectivity index (χ4v) is 4.36. The van der Waals surface area contributed by atoms with Gasteiger partial charge >= 0.3 is 5.97 Å². The van der Waals surface area contributed by atoms with Gasteiger partial charge in [-0.2, -0.15) is 0 Å².